The van der Waals surface area contributed by atoms with E-state index < -0.39 is 30.2 Å². The maximum atomic E-state index is 11.6. The van der Waals surface area contributed by atoms with E-state index in [0.29, 0.717) is 6.42 Å². The van der Waals surface area contributed by atoms with Crippen LogP contribution in [-0.4, -0.2) is 28.9 Å². The summed E-state index contributed by atoms with van der Waals surface area (Å²) in [5.74, 6) is -2.42. The van der Waals surface area contributed by atoms with Crippen LogP contribution < -0.4 is 11.1 Å². The van der Waals surface area contributed by atoms with E-state index in [1.807, 2.05) is 30.3 Å². The second kappa shape index (κ2) is 7.93. The SMILES string of the molecule is NC(=O)C[C@H](NC(=O)CCCc1ccccc1)C(=O)O. The number of hydrogen-bond donors (Lipinski definition) is 3. The van der Waals surface area contributed by atoms with Gasteiger partial charge in [0.2, 0.25) is 11.8 Å². The smallest absolute Gasteiger partial charge is 0.326 e. The van der Waals surface area contributed by atoms with Crippen LogP contribution in [0.1, 0.15) is 24.8 Å². The van der Waals surface area contributed by atoms with E-state index in [-0.39, 0.29) is 6.42 Å². The molecule has 1 aromatic carbocycles. The van der Waals surface area contributed by atoms with Crippen molar-refractivity contribution in [3.05, 3.63) is 35.9 Å². The summed E-state index contributed by atoms with van der Waals surface area (Å²) in [7, 11) is 0. The number of benzene rings is 1. The second-order valence-corrected chi connectivity index (χ2v) is 4.47. The zero-order valence-corrected chi connectivity index (χ0v) is 11.0. The molecule has 1 atom stereocenters. The van der Waals surface area contributed by atoms with E-state index in [9.17, 15) is 14.4 Å². The summed E-state index contributed by atoms with van der Waals surface area (Å²) in [4.78, 5) is 33.1. The van der Waals surface area contributed by atoms with Crippen LogP contribution in [0.5, 0.6) is 0 Å². The van der Waals surface area contributed by atoms with Gasteiger partial charge < -0.3 is 16.2 Å². The Labute approximate surface area is 117 Å². The molecule has 4 N–H and O–H groups in total. The molecule has 0 aliphatic carbocycles. The highest BCUT2D eigenvalue weighted by atomic mass is 16.4. The number of nitrogens with one attached hydrogen (secondary N) is 1. The van der Waals surface area contributed by atoms with Gasteiger partial charge >= 0.3 is 5.97 Å². The Kier molecular flexibility index (Phi) is 6.22. The van der Waals surface area contributed by atoms with Crippen molar-refractivity contribution in [1.82, 2.24) is 5.32 Å². The monoisotopic (exact) mass is 278 g/mol. The van der Waals surface area contributed by atoms with E-state index in [1.165, 1.54) is 0 Å². The number of rotatable bonds is 8. The molecule has 0 aliphatic heterocycles. The summed E-state index contributed by atoms with van der Waals surface area (Å²) in [6.45, 7) is 0. The number of carboxylic acids is 1. The highest BCUT2D eigenvalue weighted by Crippen LogP contribution is 2.04. The van der Waals surface area contributed by atoms with E-state index in [4.69, 9.17) is 10.8 Å². The minimum atomic E-state index is -1.26. The van der Waals surface area contributed by atoms with Gasteiger partial charge in [0.25, 0.3) is 0 Å². The number of aliphatic carboxylic acids is 1. The van der Waals surface area contributed by atoms with Crippen LogP contribution in [-0.2, 0) is 20.8 Å². The van der Waals surface area contributed by atoms with Crippen LogP contribution in [0.15, 0.2) is 30.3 Å². The van der Waals surface area contributed by atoms with Crippen molar-refractivity contribution in [2.75, 3.05) is 0 Å². The molecular weight excluding hydrogens is 260 g/mol. The quantitative estimate of drug-likeness (QED) is 0.641. The molecule has 0 bridgehead atoms. The van der Waals surface area contributed by atoms with Gasteiger partial charge in [0.1, 0.15) is 6.04 Å². The van der Waals surface area contributed by atoms with Gasteiger partial charge in [-0.15, -0.1) is 0 Å². The topological polar surface area (TPSA) is 109 Å². The Bertz CT molecular complexity index is 473. The van der Waals surface area contributed by atoms with Crippen molar-refractivity contribution >= 4 is 17.8 Å². The third-order valence-corrected chi connectivity index (χ3v) is 2.75. The van der Waals surface area contributed by atoms with Crippen LogP contribution >= 0.6 is 0 Å². The summed E-state index contributed by atoms with van der Waals surface area (Å²) in [5.41, 5.74) is 6.05. The standard InChI is InChI=1S/C14H18N2O4/c15-12(17)9-11(14(19)20)16-13(18)8-4-7-10-5-2-1-3-6-10/h1-3,5-6,11H,4,7-9H2,(H2,15,17)(H,16,18)(H,19,20)/t11-/m0/s1. The van der Waals surface area contributed by atoms with E-state index in [1.54, 1.807) is 0 Å². The molecule has 0 saturated heterocycles. The van der Waals surface area contributed by atoms with Crippen LogP contribution in [0.4, 0.5) is 0 Å². The fraction of sp³-hybridized carbons (Fsp3) is 0.357. The molecule has 1 rings (SSSR count). The van der Waals surface area contributed by atoms with Gasteiger partial charge in [0, 0.05) is 6.42 Å². The fourth-order valence-corrected chi connectivity index (χ4v) is 1.77. The summed E-state index contributed by atoms with van der Waals surface area (Å²) >= 11 is 0. The van der Waals surface area contributed by atoms with Gasteiger partial charge in [-0.3, -0.25) is 9.59 Å². The first-order valence-electron chi connectivity index (χ1n) is 6.33. The maximum absolute atomic E-state index is 11.6. The Morgan fingerprint density at radius 2 is 1.85 bits per heavy atom. The first-order chi connectivity index (χ1) is 9.49. The van der Waals surface area contributed by atoms with E-state index in [0.717, 1.165) is 12.0 Å². The van der Waals surface area contributed by atoms with Gasteiger partial charge in [-0.05, 0) is 18.4 Å². The molecule has 108 valence electrons. The number of carbonyl (C=O) groups is 3. The molecule has 0 aliphatic rings. The number of aryl methyl sites for hydroxylation is 1. The summed E-state index contributed by atoms with van der Waals surface area (Å²) < 4.78 is 0. The third-order valence-electron chi connectivity index (χ3n) is 2.75. The largest absolute Gasteiger partial charge is 0.480 e. The van der Waals surface area contributed by atoms with Gasteiger partial charge in [0.05, 0.1) is 6.42 Å². The van der Waals surface area contributed by atoms with Crippen LogP contribution in [0.25, 0.3) is 0 Å². The van der Waals surface area contributed by atoms with Crippen molar-refractivity contribution in [3.63, 3.8) is 0 Å². The molecule has 6 nitrogen and oxygen atoms in total. The molecule has 2 amide bonds. The number of primary amides is 1. The Morgan fingerprint density at radius 3 is 2.40 bits per heavy atom. The Morgan fingerprint density at radius 1 is 1.20 bits per heavy atom. The van der Waals surface area contributed by atoms with Crippen LogP contribution in [0, 0.1) is 0 Å². The van der Waals surface area contributed by atoms with Crippen molar-refractivity contribution < 1.29 is 19.5 Å². The lowest BCUT2D eigenvalue weighted by molar-refractivity contribution is -0.143. The van der Waals surface area contributed by atoms with E-state index >= 15 is 0 Å². The molecule has 20 heavy (non-hydrogen) atoms. The first-order valence-corrected chi connectivity index (χ1v) is 6.33. The lowest BCUT2D eigenvalue weighted by atomic mass is 10.1. The van der Waals surface area contributed by atoms with Crippen molar-refractivity contribution in [2.24, 2.45) is 5.73 Å². The highest BCUT2D eigenvalue weighted by Gasteiger charge is 2.21. The van der Waals surface area contributed by atoms with Crippen molar-refractivity contribution in [1.29, 1.82) is 0 Å². The van der Waals surface area contributed by atoms with Gasteiger partial charge in [-0.1, -0.05) is 30.3 Å². The van der Waals surface area contributed by atoms with Crippen molar-refractivity contribution in [2.45, 2.75) is 31.7 Å². The highest BCUT2D eigenvalue weighted by molar-refractivity contribution is 5.88. The molecule has 0 aromatic heterocycles. The predicted octanol–water partition coefficient (Wildman–Crippen LogP) is 0.454. The van der Waals surface area contributed by atoms with Crippen molar-refractivity contribution in [3.8, 4) is 0 Å². The number of carbonyl (C=O) groups excluding carboxylic acids is 2. The first kappa shape index (κ1) is 15.7. The predicted molar refractivity (Wildman–Crippen MR) is 72.8 cm³/mol. The number of nitrogens with two attached hydrogens (primary N) is 1. The van der Waals surface area contributed by atoms with Gasteiger partial charge in [0.15, 0.2) is 0 Å². The minimum Gasteiger partial charge on any atom is -0.480 e. The van der Waals surface area contributed by atoms with Gasteiger partial charge in [-0.25, -0.2) is 4.79 Å². The maximum Gasteiger partial charge on any atom is 0.326 e. The third kappa shape index (κ3) is 5.99. The molecule has 0 unspecified atom stereocenters. The number of hydrogen-bond acceptors (Lipinski definition) is 3. The zero-order valence-electron chi connectivity index (χ0n) is 11.0. The fourth-order valence-electron chi connectivity index (χ4n) is 1.77. The molecule has 0 radical (unpaired) electrons. The molecule has 6 heteroatoms. The number of carboxylic acid groups (broad SMARTS) is 1. The molecule has 0 saturated carbocycles. The summed E-state index contributed by atoms with van der Waals surface area (Å²) in [6.07, 6.45) is 1.15. The molecule has 1 aromatic rings. The average Bonchev–Trinajstić information content (AvgIpc) is 2.38. The Balaban J connectivity index is 2.35. The number of amides is 2. The Hall–Kier alpha value is -2.37. The van der Waals surface area contributed by atoms with Crippen LogP contribution in [0.2, 0.25) is 0 Å². The second-order valence-electron chi connectivity index (χ2n) is 4.47. The summed E-state index contributed by atoms with van der Waals surface area (Å²) in [6, 6.07) is 8.43. The normalized spacial score (nSPS) is 11.6. The lowest BCUT2D eigenvalue weighted by Crippen LogP contribution is -2.43. The molecular formula is C14H18N2O4. The minimum absolute atomic E-state index is 0.206. The zero-order chi connectivity index (χ0) is 15.0. The lowest BCUT2D eigenvalue weighted by Gasteiger charge is -2.12. The van der Waals surface area contributed by atoms with Crippen LogP contribution in [0.3, 0.4) is 0 Å². The molecule has 0 heterocycles. The average molecular weight is 278 g/mol. The van der Waals surface area contributed by atoms with Gasteiger partial charge in [-0.2, -0.15) is 0 Å². The molecule has 0 spiro atoms. The summed E-state index contributed by atoms with van der Waals surface area (Å²) in [5, 5.41) is 11.1. The van der Waals surface area contributed by atoms with E-state index in [2.05, 4.69) is 5.32 Å². The molecule has 0 fully saturated rings.